The molecule has 8 aliphatic rings. The van der Waals surface area contributed by atoms with E-state index >= 15 is 0 Å². The molecule has 3 N–H and O–H groups in total. The second kappa shape index (κ2) is 8.47. The Morgan fingerprint density at radius 3 is 2.32 bits per heavy atom. The summed E-state index contributed by atoms with van der Waals surface area (Å²) < 4.78 is 17.7. The average Bonchev–Trinajstić information content (AvgIpc) is 3.56. The van der Waals surface area contributed by atoms with Gasteiger partial charge in [-0.2, -0.15) is 0 Å². The third kappa shape index (κ3) is 2.85. The molecule has 0 radical (unpaired) electrons. The van der Waals surface area contributed by atoms with E-state index in [1.165, 1.54) is 22.8 Å². The zero-order valence-corrected chi connectivity index (χ0v) is 25.0. The van der Waals surface area contributed by atoms with Gasteiger partial charge in [0.25, 0.3) is 0 Å². The third-order valence-corrected chi connectivity index (χ3v) is 12.1. The zero-order chi connectivity index (χ0) is 30.3. The van der Waals surface area contributed by atoms with Crippen molar-refractivity contribution in [3.63, 3.8) is 0 Å². The van der Waals surface area contributed by atoms with E-state index in [2.05, 4.69) is 29.0 Å². The first-order chi connectivity index (χ1) is 21.2. The number of methoxy groups -OCH3 is 1. The maximum absolute atomic E-state index is 12.4. The van der Waals surface area contributed by atoms with Crippen LogP contribution >= 0.6 is 0 Å². The molecule has 9 heteroatoms. The van der Waals surface area contributed by atoms with Gasteiger partial charge >= 0.3 is 0 Å². The molecule has 2 saturated heterocycles. The number of ether oxygens (including phenoxy) is 3. The lowest BCUT2D eigenvalue weighted by Gasteiger charge is -2.60. The second-order valence-electron chi connectivity index (χ2n) is 13.7. The quantitative estimate of drug-likeness (QED) is 0.458. The van der Waals surface area contributed by atoms with Gasteiger partial charge in [-0.25, -0.2) is 0 Å². The van der Waals surface area contributed by atoms with E-state index in [9.17, 15) is 20.1 Å². The highest BCUT2D eigenvalue weighted by atomic mass is 16.5. The number of phenols is 2. The number of hydrogen-bond donors (Lipinski definition) is 3. The summed E-state index contributed by atoms with van der Waals surface area (Å²) in [5.41, 5.74) is 3.80. The molecule has 0 unspecified atom stereocenters. The van der Waals surface area contributed by atoms with Gasteiger partial charge in [0.1, 0.15) is 11.4 Å². The van der Waals surface area contributed by atoms with Crippen molar-refractivity contribution in [2.45, 2.75) is 66.4 Å². The number of benzene rings is 2. The molecule has 44 heavy (non-hydrogen) atoms. The number of aliphatic hydroxyl groups is 1. The summed E-state index contributed by atoms with van der Waals surface area (Å²) in [6.07, 6.45) is 9.81. The summed E-state index contributed by atoms with van der Waals surface area (Å²) in [6, 6.07) is 7.69. The largest absolute Gasteiger partial charge is 0.504 e. The lowest BCUT2D eigenvalue weighted by atomic mass is 9.51. The molecule has 2 aromatic carbocycles. The maximum atomic E-state index is 12.4. The maximum Gasteiger partial charge on any atom is 0.196 e. The Bertz CT molecular complexity index is 1760. The Balaban J connectivity index is 0.000000123. The van der Waals surface area contributed by atoms with Crippen LogP contribution in [-0.4, -0.2) is 95.1 Å². The molecule has 228 valence electrons. The van der Waals surface area contributed by atoms with Gasteiger partial charge in [0.2, 0.25) is 0 Å². The highest BCUT2D eigenvalue weighted by Crippen LogP contribution is 2.64. The van der Waals surface area contributed by atoms with Gasteiger partial charge in [0, 0.05) is 23.2 Å². The fourth-order valence-electron chi connectivity index (χ4n) is 10.1. The van der Waals surface area contributed by atoms with Gasteiger partial charge in [-0.1, -0.05) is 18.2 Å². The van der Waals surface area contributed by atoms with Crippen molar-refractivity contribution in [2.24, 2.45) is 0 Å². The van der Waals surface area contributed by atoms with Gasteiger partial charge in [0.05, 0.1) is 17.9 Å². The summed E-state index contributed by atoms with van der Waals surface area (Å²) in [6.45, 7) is 1.83. The fourth-order valence-corrected chi connectivity index (χ4v) is 10.1. The van der Waals surface area contributed by atoms with Crippen molar-refractivity contribution < 1.29 is 34.3 Å². The average molecular weight is 597 g/mol. The normalized spacial score (nSPS) is 37.9. The SMILES string of the molecule is CN1CC[C@]23c4c5ccc(O)c4O[C@H]2C(=O)C=C[C@@]3(O)[C@H]1C5.COC1=CC=C2[C@H]3Cc4ccc(O)c5c4[C@@]2(CCN3C)[C@H]1O5. The standard InChI is InChI=1S/C18H19NO3.C17H17NO4/c1-19-8-7-18-11-4-6-14(21-2)17(18)22-16-13(20)5-3-10(15(16)18)9-12(11)19;1-18-7-6-16-13-9-2-3-10(19)14(13)22-15(16)11(20)4-5-17(16,21)12(18)8-9/h3-6,12,17,20H,7-9H2,1-2H3;2-5,12,15,19,21H,6-8H2,1H3/t12-,17+,18+;12-,15+,16+,17-/m11/s1. The summed E-state index contributed by atoms with van der Waals surface area (Å²) in [4.78, 5) is 17.0. The summed E-state index contributed by atoms with van der Waals surface area (Å²) in [5.74, 6) is 2.08. The van der Waals surface area contributed by atoms with E-state index in [4.69, 9.17) is 14.2 Å². The minimum Gasteiger partial charge on any atom is -0.504 e. The molecule has 9 nitrogen and oxygen atoms in total. The number of nitrogens with zero attached hydrogens (tertiary/aromatic N) is 2. The van der Waals surface area contributed by atoms with Crippen molar-refractivity contribution >= 4 is 5.78 Å². The lowest BCUT2D eigenvalue weighted by molar-refractivity contribution is -0.151. The molecule has 4 heterocycles. The molecule has 10 rings (SSSR count). The molecular formula is C35H36N2O7. The number of phenolic OH excluding ortho intramolecular Hbond substituents is 2. The predicted octanol–water partition coefficient (Wildman–Crippen LogP) is 2.64. The number of piperidine rings is 2. The molecule has 2 fully saturated rings. The van der Waals surface area contributed by atoms with Crippen LogP contribution in [0.4, 0.5) is 0 Å². The van der Waals surface area contributed by atoms with Gasteiger partial charge in [-0.15, -0.1) is 0 Å². The number of rotatable bonds is 1. The van der Waals surface area contributed by atoms with Gasteiger partial charge in [0.15, 0.2) is 41.0 Å². The van der Waals surface area contributed by atoms with Crippen LogP contribution in [0, 0.1) is 0 Å². The van der Waals surface area contributed by atoms with E-state index in [0.29, 0.717) is 30.4 Å². The summed E-state index contributed by atoms with van der Waals surface area (Å²) in [5, 5.41) is 32.0. The smallest absolute Gasteiger partial charge is 0.196 e. The molecule has 4 aliphatic carbocycles. The van der Waals surface area contributed by atoms with Crippen LogP contribution in [-0.2, 0) is 33.2 Å². The number of carbonyl (C=O) groups excluding carboxylic acids is 1. The Hall–Kier alpha value is -3.79. The highest BCUT2D eigenvalue weighted by Gasteiger charge is 2.71. The minimum absolute atomic E-state index is 0.0510. The molecule has 2 spiro atoms. The molecule has 0 amide bonds. The Labute approximate surface area is 255 Å². The van der Waals surface area contributed by atoms with Gasteiger partial charge < -0.3 is 29.5 Å². The fraction of sp³-hybridized carbons (Fsp3) is 0.457. The van der Waals surface area contributed by atoms with E-state index < -0.39 is 17.1 Å². The molecule has 0 aromatic heterocycles. The Morgan fingerprint density at radius 2 is 1.57 bits per heavy atom. The number of ketones is 1. The minimum atomic E-state index is -1.13. The third-order valence-electron chi connectivity index (χ3n) is 12.1. The van der Waals surface area contributed by atoms with E-state index in [1.807, 2.05) is 19.2 Å². The lowest BCUT2D eigenvalue weighted by Crippen LogP contribution is -2.74. The van der Waals surface area contributed by atoms with Crippen molar-refractivity contribution in [1.29, 1.82) is 0 Å². The summed E-state index contributed by atoms with van der Waals surface area (Å²) >= 11 is 0. The number of aromatic hydroxyl groups is 2. The van der Waals surface area contributed by atoms with Gasteiger partial charge in [-0.05, 0) is 99.9 Å². The monoisotopic (exact) mass is 596 g/mol. The van der Waals surface area contributed by atoms with Crippen molar-refractivity contribution in [2.75, 3.05) is 34.3 Å². The van der Waals surface area contributed by atoms with E-state index in [0.717, 1.165) is 42.8 Å². The number of hydrogen-bond acceptors (Lipinski definition) is 9. The van der Waals surface area contributed by atoms with E-state index in [-0.39, 0.29) is 34.8 Å². The highest BCUT2D eigenvalue weighted by molar-refractivity contribution is 5.99. The van der Waals surface area contributed by atoms with Crippen molar-refractivity contribution in [3.8, 4) is 23.0 Å². The van der Waals surface area contributed by atoms with Crippen LogP contribution in [0.15, 0.2) is 59.9 Å². The molecular weight excluding hydrogens is 560 g/mol. The second-order valence-corrected chi connectivity index (χ2v) is 13.7. The topological polar surface area (TPSA) is 112 Å². The number of carbonyl (C=O) groups is 1. The van der Waals surface area contributed by atoms with Crippen LogP contribution < -0.4 is 9.47 Å². The van der Waals surface area contributed by atoms with Crippen LogP contribution in [0.2, 0.25) is 0 Å². The molecule has 4 aliphatic heterocycles. The number of allylic oxidation sites excluding steroid dienone is 2. The van der Waals surface area contributed by atoms with E-state index in [1.54, 1.807) is 25.3 Å². The van der Waals surface area contributed by atoms with Crippen molar-refractivity contribution in [3.05, 3.63) is 82.2 Å². The number of likely N-dealkylation sites (N-methyl/N-ethyl adjacent to an activating group) is 2. The van der Waals surface area contributed by atoms with Crippen LogP contribution in [0.1, 0.15) is 35.1 Å². The summed E-state index contributed by atoms with van der Waals surface area (Å²) in [7, 11) is 5.91. The molecule has 7 atom stereocenters. The number of likely N-dealkylation sites (tertiary alicyclic amines) is 2. The van der Waals surface area contributed by atoms with Crippen LogP contribution in [0.25, 0.3) is 0 Å². The first kappa shape index (κ1) is 26.6. The van der Waals surface area contributed by atoms with Gasteiger partial charge in [-0.3, -0.25) is 14.6 Å². The molecule has 2 aromatic rings. The van der Waals surface area contributed by atoms with Crippen molar-refractivity contribution in [1.82, 2.24) is 9.80 Å². The Kier molecular flexibility index (Phi) is 5.12. The first-order valence-electron chi connectivity index (χ1n) is 15.5. The molecule has 4 bridgehead atoms. The zero-order valence-electron chi connectivity index (χ0n) is 25.0. The Morgan fingerprint density at radius 1 is 0.886 bits per heavy atom. The molecule has 0 saturated carbocycles. The predicted molar refractivity (Wildman–Crippen MR) is 160 cm³/mol. The first-order valence-corrected chi connectivity index (χ1v) is 15.5. The van der Waals surface area contributed by atoms with Crippen LogP contribution in [0.3, 0.4) is 0 Å². The van der Waals surface area contributed by atoms with Crippen LogP contribution in [0.5, 0.6) is 23.0 Å².